The molecule has 0 aromatic heterocycles. The molecule has 39 heavy (non-hydrogen) atoms. The van der Waals surface area contributed by atoms with Gasteiger partial charge in [0.05, 0.1) is 23.6 Å². The van der Waals surface area contributed by atoms with Crippen LogP contribution in [0, 0.1) is 0 Å². The average Bonchev–Trinajstić information content (AvgIpc) is 3.34. The van der Waals surface area contributed by atoms with Crippen LogP contribution >= 0.6 is 12.6 Å². The third-order valence-electron chi connectivity index (χ3n) is 6.71. The van der Waals surface area contributed by atoms with Gasteiger partial charge in [0.1, 0.15) is 6.04 Å². The molecule has 1 aliphatic rings. The van der Waals surface area contributed by atoms with Gasteiger partial charge < -0.3 is 14.5 Å². The number of amides is 2. The highest BCUT2D eigenvalue weighted by molar-refractivity contribution is 7.89. The summed E-state index contributed by atoms with van der Waals surface area (Å²) in [7, 11) is -0.988. The minimum atomic E-state index is -4.00. The van der Waals surface area contributed by atoms with Crippen LogP contribution in [0.3, 0.4) is 0 Å². The number of likely N-dealkylation sites (N-methyl/N-ethyl adjacent to an activating group) is 2. The minimum absolute atomic E-state index is 0.0804. The molecule has 4 rings (SSSR count). The molecular formula is C28H31N3O6S2. The monoisotopic (exact) mass is 569 g/mol. The van der Waals surface area contributed by atoms with Crippen molar-refractivity contribution in [3.05, 3.63) is 72.3 Å². The highest BCUT2D eigenvalue weighted by atomic mass is 32.2. The Morgan fingerprint density at radius 3 is 2.44 bits per heavy atom. The second-order valence-corrected chi connectivity index (χ2v) is 12.0. The molecule has 0 N–H and O–H groups in total. The van der Waals surface area contributed by atoms with Crippen molar-refractivity contribution in [2.24, 2.45) is 0 Å². The van der Waals surface area contributed by atoms with Gasteiger partial charge in [0.25, 0.3) is 0 Å². The second kappa shape index (κ2) is 11.8. The molecule has 3 aromatic rings. The zero-order valence-electron chi connectivity index (χ0n) is 22.0. The number of fused-ring (bicyclic) bond motifs is 1. The van der Waals surface area contributed by atoms with Gasteiger partial charge in [0, 0.05) is 31.6 Å². The number of nitrogens with zero attached hydrogens (tertiary/aromatic N) is 3. The number of benzene rings is 3. The average molecular weight is 570 g/mol. The third-order valence-corrected chi connectivity index (χ3v) is 8.96. The largest absolute Gasteiger partial charge is 0.462 e. The normalized spacial score (nSPS) is 17.6. The molecule has 2 amide bonds. The van der Waals surface area contributed by atoms with E-state index in [0.717, 1.165) is 10.8 Å². The fourth-order valence-corrected chi connectivity index (χ4v) is 6.74. The Hall–Kier alpha value is -3.41. The summed E-state index contributed by atoms with van der Waals surface area (Å²) in [6.45, 7) is 1.74. The van der Waals surface area contributed by atoms with Crippen molar-refractivity contribution in [3.8, 4) is 0 Å². The Bertz CT molecular complexity index is 1510. The molecule has 1 fully saturated rings. The van der Waals surface area contributed by atoms with E-state index in [1.165, 1.54) is 33.3 Å². The molecule has 0 radical (unpaired) electrons. The first-order valence-corrected chi connectivity index (χ1v) is 14.5. The Morgan fingerprint density at radius 2 is 1.72 bits per heavy atom. The van der Waals surface area contributed by atoms with E-state index < -0.39 is 33.8 Å². The van der Waals surface area contributed by atoms with Crippen molar-refractivity contribution in [2.45, 2.75) is 29.5 Å². The fourth-order valence-electron chi connectivity index (χ4n) is 4.58. The topological polar surface area (TPSA) is 104 Å². The smallest absolute Gasteiger partial charge is 0.338 e. The number of carbonyl (C=O) groups excluding carboxylic acids is 3. The van der Waals surface area contributed by atoms with Crippen molar-refractivity contribution >= 4 is 56.9 Å². The van der Waals surface area contributed by atoms with E-state index in [1.54, 1.807) is 44.3 Å². The van der Waals surface area contributed by atoms with Crippen LogP contribution in [0.5, 0.6) is 0 Å². The molecule has 1 heterocycles. The SMILES string of the molecule is CCOC(=O)c1cccc(N(C)C(=O)CN(C)C(=O)[C@@H]2C[C@@H](S)CN2S(=O)(=O)c2ccc3ccccc3c2)c1. The molecule has 2 atom stereocenters. The molecule has 0 unspecified atom stereocenters. The van der Waals surface area contributed by atoms with Gasteiger partial charge >= 0.3 is 5.97 Å². The van der Waals surface area contributed by atoms with Crippen molar-refractivity contribution < 1.29 is 27.5 Å². The van der Waals surface area contributed by atoms with Crippen molar-refractivity contribution in [2.75, 3.05) is 38.7 Å². The second-order valence-electron chi connectivity index (χ2n) is 9.41. The Balaban J connectivity index is 1.50. The van der Waals surface area contributed by atoms with Gasteiger partial charge in [-0.25, -0.2) is 13.2 Å². The van der Waals surface area contributed by atoms with Crippen LogP contribution in [0.15, 0.2) is 71.6 Å². The van der Waals surface area contributed by atoms with E-state index in [-0.39, 0.29) is 36.3 Å². The van der Waals surface area contributed by atoms with Crippen molar-refractivity contribution in [1.82, 2.24) is 9.21 Å². The van der Waals surface area contributed by atoms with E-state index in [9.17, 15) is 22.8 Å². The quantitative estimate of drug-likeness (QED) is 0.330. The summed E-state index contributed by atoms with van der Waals surface area (Å²) < 4.78 is 33.4. The van der Waals surface area contributed by atoms with Crippen LogP contribution in [-0.2, 0) is 24.3 Å². The molecule has 206 valence electrons. The predicted molar refractivity (Wildman–Crippen MR) is 152 cm³/mol. The van der Waals surface area contributed by atoms with Gasteiger partial charge in [0.15, 0.2) is 0 Å². The maximum absolute atomic E-state index is 13.6. The number of hydrogen-bond acceptors (Lipinski definition) is 7. The summed E-state index contributed by atoms with van der Waals surface area (Å²) >= 11 is 4.48. The van der Waals surface area contributed by atoms with Crippen LogP contribution in [0.4, 0.5) is 5.69 Å². The van der Waals surface area contributed by atoms with E-state index >= 15 is 0 Å². The lowest BCUT2D eigenvalue weighted by Gasteiger charge is -2.28. The summed E-state index contributed by atoms with van der Waals surface area (Å²) in [5.41, 5.74) is 0.766. The lowest BCUT2D eigenvalue weighted by molar-refractivity contribution is -0.136. The van der Waals surface area contributed by atoms with Crippen LogP contribution in [0.25, 0.3) is 10.8 Å². The first kappa shape index (κ1) is 28.6. The maximum Gasteiger partial charge on any atom is 0.338 e. The van der Waals surface area contributed by atoms with E-state index in [2.05, 4.69) is 12.6 Å². The van der Waals surface area contributed by atoms with Gasteiger partial charge in [-0.15, -0.1) is 0 Å². The summed E-state index contributed by atoms with van der Waals surface area (Å²) in [5, 5.41) is 1.36. The third kappa shape index (κ3) is 6.10. The molecule has 0 spiro atoms. The zero-order chi connectivity index (χ0) is 28.3. The van der Waals surface area contributed by atoms with Gasteiger partial charge in [-0.05, 0) is 54.4 Å². The zero-order valence-corrected chi connectivity index (χ0v) is 23.7. The van der Waals surface area contributed by atoms with Crippen molar-refractivity contribution in [1.29, 1.82) is 0 Å². The standard InChI is InChI=1S/C28H31N3O6S2/c1-4-37-28(34)21-10-7-11-22(14-21)30(3)26(32)18-29(2)27(33)25-16-23(38)17-31(25)39(35,36)24-13-12-19-8-5-6-9-20(19)15-24/h5-15,23,25,38H,4,16-18H2,1-3H3/t23-,25+/m1/s1. The predicted octanol–water partition coefficient (Wildman–Crippen LogP) is 3.20. The highest BCUT2D eigenvalue weighted by Gasteiger charge is 2.44. The number of thiol groups is 1. The van der Waals surface area contributed by atoms with Gasteiger partial charge in [-0.1, -0.05) is 36.4 Å². The molecule has 3 aromatic carbocycles. The summed E-state index contributed by atoms with van der Waals surface area (Å²) in [6.07, 6.45) is 0.227. The number of ether oxygens (including phenoxy) is 1. The maximum atomic E-state index is 13.6. The highest BCUT2D eigenvalue weighted by Crippen LogP contribution is 2.31. The minimum Gasteiger partial charge on any atom is -0.462 e. The number of sulfonamides is 1. The summed E-state index contributed by atoms with van der Waals surface area (Å²) in [6, 6.07) is 17.8. The lowest BCUT2D eigenvalue weighted by atomic mass is 10.1. The van der Waals surface area contributed by atoms with E-state index in [4.69, 9.17) is 4.74 Å². The molecule has 1 aliphatic heterocycles. The van der Waals surface area contributed by atoms with E-state index in [0.29, 0.717) is 11.3 Å². The van der Waals surface area contributed by atoms with Gasteiger partial charge in [-0.3, -0.25) is 9.59 Å². The summed E-state index contributed by atoms with van der Waals surface area (Å²) in [5.74, 6) is -1.39. The lowest BCUT2D eigenvalue weighted by Crippen LogP contribution is -2.49. The first-order valence-electron chi connectivity index (χ1n) is 12.5. The Morgan fingerprint density at radius 1 is 1.00 bits per heavy atom. The van der Waals surface area contributed by atoms with Gasteiger partial charge in [-0.2, -0.15) is 16.9 Å². The van der Waals surface area contributed by atoms with Crippen molar-refractivity contribution in [3.63, 3.8) is 0 Å². The number of hydrogen-bond donors (Lipinski definition) is 1. The Kier molecular flexibility index (Phi) is 8.63. The number of anilines is 1. The molecule has 0 bridgehead atoms. The van der Waals surface area contributed by atoms with Crippen LogP contribution in [-0.4, -0.2) is 80.5 Å². The molecule has 1 saturated heterocycles. The fraction of sp³-hybridized carbons (Fsp3) is 0.321. The number of esters is 1. The molecule has 0 aliphatic carbocycles. The first-order chi connectivity index (χ1) is 18.5. The molecule has 0 saturated carbocycles. The van der Waals surface area contributed by atoms with Gasteiger partial charge in [0.2, 0.25) is 21.8 Å². The van der Waals surface area contributed by atoms with Crippen LogP contribution < -0.4 is 4.90 Å². The molecular weight excluding hydrogens is 538 g/mol. The Labute approximate surface area is 233 Å². The van der Waals surface area contributed by atoms with E-state index in [1.807, 2.05) is 24.3 Å². The molecule has 9 nitrogen and oxygen atoms in total. The molecule has 11 heteroatoms. The van der Waals surface area contributed by atoms with Crippen LogP contribution in [0.1, 0.15) is 23.7 Å². The number of carbonyl (C=O) groups is 3. The van der Waals surface area contributed by atoms with Crippen LogP contribution in [0.2, 0.25) is 0 Å². The summed E-state index contributed by atoms with van der Waals surface area (Å²) in [4.78, 5) is 41.2. The number of rotatable bonds is 8.